The molecule has 3 N–H and O–H groups in total. The Labute approximate surface area is 194 Å². The maximum absolute atomic E-state index is 13.3. The smallest absolute Gasteiger partial charge is 0.269 e. The summed E-state index contributed by atoms with van der Waals surface area (Å²) in [6.07, 6.45) is 2.23. The molecule has 0 spiro atoms. The summed E-state index contributed by atoms with van der Waals surface area (Å²) in [5, 5.41) is 14.6. The van der Waals surface area contributed by atoms with E-state index in [-0.39, 0.29) is 54.8 Å². The lowest BCUT2D eigenvalue weighted by atomic mass is 9.93. The number of carbonyl (C=O) groups excluding carboxylic acids is 3. The average Bonchev–Trinajstić information content (AvgIpc) is 3.55. The number of aromatic nitrogens is 2. The van der Waals surface area contributed by atoms with Crippen LogP contribution < -0.4 is 5.73 Å². The van der Waals surface area contributed by atoms with Crippen molar-refractivity contribution >= 4 is 51.7 Å². The fourth-order valence-electron chi connectivity index (χ4n) is 5.22. The van der Waals surface area contributed by atoms with Gasteiger partial charge in [0, 0.05) is 30.4 Å². The molecule has 0 bridgehead atoms. The predicted molar refractivity (Wildman–Crippen MR) is 118 cm³/mol. The maximum atomic E-state index is 13.3. The summed E-state index contributed by atoms with van der Waals surface area (Å²) in [6.45, 7) is -0.250. The van der Waals surface area contributed by atoms with Gasteiger partial charge in [0.25, 0.3) is 5.91 Å². The average molecular weight is 479 g/mol. The lowest BCUT2D eigenvalue weighted by Crippen LogP contribution is -2.45. The Bertz CT molecular complexity index is 1120. The highest BCUT2D eigenvalue weighted by Crippen LogP contribution is 2.58. The molecule has 2 unspecified atom stereocenters. The second-order valence-electron chi connectivity index (χ2n) is 9.19. The molecule has 2 saturated carbocycles. The second-order valence-corrected chi connectivity index (χ2v) is 10.7. The van der Waals surface area contributed by atoms with Crippen LogP contribution in [-0.4, -0.2) is 60.4 Å². The third-order valence-corrected chi connectivity index (χ3v) is 7.95. The summed E-state index contributed by atoms with van der Waals surface area (Å²) >= 11 is 12.3. The van der Waals surface area contributed by atoms with E-state index in [2.05, 4.69) is 5.10 Å². The van der Waals surface area contributed by atoms with Crippen molar-refractivity contribution in [1.82, 2.24) is 14.7 Å². The van der Waals surface area contributed by atoms with Crippen LogP contribution >= 0.6 is 23.2 Å². The van der Waals surface area contributed by atoms with Gasteiger partial charge in [-0.2, -0.15) is 5.10 Å². The minimum atomic E-state index is -0.875. The van der Waals surface area contributed by atoms with Crippen LogP contribution in [0, 0.1) is 17.8 Å². The Morgan fingerprint density at radius 1 is 1.25 bits per heavy atom. The van der Waals surface area contributed by atoms with Crippen LogP contribution in [-0.2, 0) is 16.1 Å². The summed E-state index contributed by atoms with van der Waals surface area (Å²) in [6, 6.07) is 6.64. The van der Waals surface area contributed by atoms with Crippen LogP contribution in [0.15, 0.2) is 24.3 Å². The van der Waals surface area contributed by atoms with E-state index in [1.807, 2.05) is 0 Å². The number of Topliss-reactive ketones (excluding diaryl/α,β-unsaturated/α-hetero) is 1. The molecule has 32 heavy (non-hydrogen) atoms. The summed E-state index contributed by atoms with van der Waals surface area (Å²) in [4.78, 5) is 39.9. The molecule has 5 atom stereocenters. The number of primary amides is 1. The van der Waals surface area contributed by atoms with E-state index in [0.717, 1.165) is 6.42 Å². The van der Waals surface area contributed by atoms with Crippen molar-refractivity contribution in [2.24, 2.45) is 23.5 Å². The zero-order valence-corrected chi connectivity index (χ0v) is 18.8. The Balaban J connectivity index is 1.34. The first kappa shape index (κ1) is 21.7. The SMILES string of the molecule is NC(=O)c1nn(CC(=O)N2[C@@H]3C[C@@H]3C[C@H]2C(=O)CC(CO)C2CC2(Cl)Cl)c2ccccc12. The number of piperidine rings is 1. The summed E-state index contributed by atoms with van der Waals surface area (Å²) in [7, 11) is 0. The van der Waals surface area contributed by atoms with Crippen molar-refractivity contribution in [1.29, 1.82) is 0 Å². The van der Waals surface area contributed by atoms with E-state index in [4.69, 9.17) is 28.9 Å². The second kappa shape index (κ2) is 7.71. The van der Waals surface area contributed by atoms with Gasteiger partial charge in [0.15, 0.2) is 11.5 Å². The monoisotopic (exact) mass is 478 g/mol. The molecule has 2 heterocycles. The fraction of sp³-hybridized carbons (Fsp3) is 0.545. The number of nitrogens with two attached hydrogens (primary N) is 1. The molecule has 1 aromatic carbocycles. The lowest BCUT2D eigenvalue weighted by molar-refractivity contribution is -0.140. The molecule has 2 aromatic rings. The van der Waals surface area contributed by atoms with Crippen molar-refractivity contribution in [2.75, 3.05) is 6.61 Å². The Kier molecular flexibility index (Phi) is 5.22. The van der Waals surface area contributed by atoms with Gasteiger partial charge in [-0.15, -0.1) is 23.2 Å². The van der Waals surface area contributed by atoms with Crippen molar-refractivity contribution < 1.29 is 19.5 Å². The number of halogens is 2. The van der Waals surface area contributed by atoms with Crippen molar-refractivity contribution in [3.05, 3.63) is 30.0 Å². The van der Waals surface area contributed by atoms with Gasteiger partial charge in [-0.1, -0.05) is 18.2 Å². The van der Waals surface area contributed by atoms with Crippen molar-refractivity contribution in [3.63, 3.8) is 0 Å². The summed E-state index contributed by atoms with van der Waals surface area (Å²) in [5.41, 5.74) is 6.21. The van der Waals surface area contributed by atoms with E-state index < -0.39 is 16.3 Å². The Morgan fingerprint density at radius 2 is 1.97 bits per heavy atom. The van der Waals surface area contributed by atoms with Gasteiger partial charge >= 0.3 is 0 Å². The van der Waals surface area contributed by atoms with E-state index >= 15 is 0 Å². The molecule has 170 valence electrons. The van der Waals surface area contributed by atoms with E-state index in [1.165, 1.54) is 4.68 Å². The van der Waals surface area contributed by atoms with E-state index in [9.17, 15) is 19.5 Å². The number of nitrogens with zero attached hydrogens (tertiary/aromatic N) is 3. The van der Waals surface area contributed by atoms with Crippen LogP contribution in [0.1, 0.15) is 36.2 Å². The number of alkyl halides is 2. The first-order valence-electron chi connectivity index (χ1n) is 10.8. The molecule has 0 radical (unpaired) electrons. The molecule has 5 rings (SSSR count). The number of amides is 2. The van der Waals surface area contributed by atoms with Crippen molar-refractivity contribution in [3.8, 4) is 0 Å². The molecule has 1 saturated heterocycles. The van der Waals surface area contributed by atoms with Crippen LogP contribution in [0.25, 0.3) is 10.9 Å². The minimum absolute atomic E-state index is 0.0579. The number of fused-ring (bicyclic) bond motifs is 2. The largest absolute Gasteiger partial charge is 0.396 e. The molecule has 10 heteroatoms. The first-order chi connectivity index (χ1) is 15.2. The van der Waals surface area contributed by atoms with Crippen LogP contribution in [0.4, 0.5) is 0 Å². The molecule has 8 nitrogen and oxygen atoms in total. The van der Waals surface area contributed by atoms with Crippen molar-refractivity contribution in [2.45, 2.75) is 48.6 Å². The summed E-state index contributed by atoms with van der Waals surface area (Å²) in [5.74, 6) is -1.02. The number of carbonyl (C=O) groups is 3. The topological polar surface area (TPSA) is 119 Å². The number of benzene rings is 1. The highest BCUT2D eigenvalue weighted by Gasteiger charge is 2.58. The first-order valence-corrected chi connectivity index (χ1v) is 11.5. The fourth-order valence-corrected chi connectivity index (χ4v) is 5.91. The van der Waals surface area contributed by atoms with Crippen LogP contribution in [0.3, 0.4) is 0 Å². The molecular formula is C22H24Cl2N4O4. The van der Waals surface area contributed by atoms with E-state index in [1.54, 1.807) is 29.2 Å². The molecule has 3 aliphatic rings. The highest BCUT2D eigenvalue weighted by molar-refractivity contribution is 6.50. The third-order valence-electron chi connectivity index (χ3n) is 7.08. The number of hydrogen-bond acceptors (Lipinski definition) is 5. The van der Waals surface area contributed by atoms with Gasteiger partial charge in [0.2, 0.25) is 5.91 Å². The van der Waals surface area contributed by atoms with Gasteiger partial charge in [-0.3, -0.25) is 19.1 Å². The van der Waals surface area contributed by atoms with E-state index in [0.29, 0.717) is 29.7 Å². The molecule has 2 amide bonds. The Hall–Kier alpha value is -2.16. The van der Waals surface area contributed by atoms with Gasteiger partial charge in [-0.25, -0.2) is 0 Å². The van der Waals surface area contributed by atoms with Gasteiger partial charge in [-0.05, 0) is 37.2 Å². The molecular weight excluding hydrogens is 455 g/mol. The number of ketones is 1. The van der Waals surface area contributed by atoms with Gasteiger partial charge < -0.3 is 15.7 Å². The number of likely N-dealkylation sites (tertiary alicyclic amines) is 1. The molecule has 2 aliphatic carbocycles. The number of rotatable bonds is 8. The third kappa shape index (κ3) is 3.68. The predicted octanol–water partition coefficient (Wildman–Crippen LogP) is 1.89. The zero-order valence-electron chi connectivity index (χ0n) is 17.3. The molecule has 1 aromatic heterocycles. The quantitative estimate of drug-likeness (QED) is 0.561. The normalized spacial score (nSPS) is 28.4. The highest BCUT2D eigenvalue weighted by atomic mass is 35.5. The van der Waals surface area contributed by atoms with Gasteiger partial charge in [0.05, 0.1) is 11.6 Å². The zero-order chi connectivity index (χ0) is 22.8. The number of hydrogen-bond donors (Lipinski definition) is 2. The Morgan fingerprint density at radius 3 is 2.62 bits per heavy atom. The number of aliphatic hydroxyl groups excluding tert-OH is 1. The molecule has 1 aliphatic heterocycles. The van der Waals surface area contributed by atoms with Crippen LogP contribution in [0.5, 0.6) is 0 Å². The summed E-state index contributed by atoms with van der Waals surface area (Å²) < 4.78 is 0.603. The molecule has 3 fully saturated rings. The standard InChI is InChI=1S/C22H24Cl2N4O4/c23-22(24)8-14(22)12(10-29)7-18(30)17-6-11-5-16(11)28(17)19(31)9-27-15-4-2-1-3-13(15)20(26-27)21(25)32/h1-4,11-12,14,16-17,29H,5-10H2,(H2,25,32)/t11-,12?,14?,16-,17+/m1/s1. The minimum Gasteiger partial charge on any atom is -0.396 e. The number of para-hydroxylation sites is 1. The van der Waals surface area contributed by atoms with Crippen LogP contribution in [0.2, 0.25) is 0 Å². The van der Waals surface area contributed by atoms with Gasteiger partial charge in [0.1, 0.15) is 10.9 Å². The number of aliphatic hydroxyl groups is 1. The lowest BCUT2D eigenvalue weighted by Gasteiger charge is -2.28. The maximum Gasteiger partial charge on any atom is 0.269 e.